The Bertz CT molecular complexity index is 425. The van der Waals surface area contributed by atoms with Crippen molar-refractivity contribution in [3.05, 3.63) is 35.6 Å². The number of rotatable bonds is 3. The highest BCUT2D eigenvalue weighted by Crippen LogP contribution is 2.36. The molecule has 2 nitrogen and oxygen atoms in total. The summed E-state index contributed by atoms with van der Waals surface area (Å²) in [5.41, 5.74) is 1.19. The van der Waals surface area contributed by atoms with E-state index in [9.17, 15) is 9.18 Å². The lowest BCUT2D eigenvalue weighted by molar-refractivity contribution is -0.121. The largest absolute Gasteiger partial charge is 0.353 e. The second-order valence-electron chi connectivity index (χ2n) is 5.97. The molecule has 98 valence electrons. The van der Waals surface area contributed by atoms with Gasteiger partial charge in [-0.05, 0) is 42.4 Å². The molecule has 1 amide bonds. The van der Waals surface area contributed by atoms with E-state index < -0.39 is 0 Å². The number of carbonyl (C=O) groups excluding carboxylic acids is 1. The summed E-state index contributed by atoms with van der Waals surface area (Å²) in [5, 5.41) is 3.06. The standard InChI is InChI=1S/C15H20FNO/c1-15(2)8-7-13(10-15)17-14(18)9-11-3-5-12(16)6-4-11/h3-6,13H,7-10H2,1-2H3,(H,17,18). The third kappa shape index (κ3) is 3.56. The zero-order valence-corrected chi connectivity index (χ0v) is 11.0. The maximum Gasteiger partial charge on any atom is 0.224 e. The smallest absolute Gasteiger partial charge is 0.224 e. The molecule has 0 spiro atoms. The van der Waals surface area contributed by atoms with E-state index in [4.69, 9.17) is 0 Å². The third-order valence-corrected chi connectivity index (χ3v) is 3.61. The summed E-state index contributed by atoms with van der Waals surface area (Å²) in [6.07, 6.45) is 3.59. The van der Waals surface area contributed by atoms with E-state index in [1.165, 1.54) is 12.1 Å². The maximum absolute atomic E-state index is 12.7. The molecule has 3 heteroatoms. The molecule has 0 bridgehead atoms. The molecule has 1 saturated carbocycles. The fraction of sp³-hybridized carbons (Fsp3) is 0.533. The molecular formula is C15H20FNO. The highest BCUT2D eigenvalue weighted by Gasteiger charge is 2.31. The fourth-order valence-electron chi connectivity index (χ4n) is 2.63. The van der Waals surface area contributed by atoms with Gasteiger partial charge in [-0.3, -0.25) is 4.79 Å². The molecule has 1 unspecified atom stereocenters. The Morgan fingerprint density at radius 1 is 1.39 bits per heavy atom. The Kier molecular flexibility index (Phi) is 3.69. The first-order valence-electron chi connectivity index (χ1n) is 6.48. The predicted molar refractivity (Wildman–Crippen MR) is 69.7 cm³/mol. The van der Waals surface area contributed by atoms with Crippen LogP contribution in [0.25, 0.3) is 0 Å². The first kappa shape index (κ1) is 13.1. The van der Waals surface area contributed by atoms with Crippen LogP contribution in [0, 0.1) is 11.2 Å². The van der Waals surface area contributed by atoms with Gasteiger partial charge >= 0.3 is 0 Å². The monoisotopic (exact) mass is 249 g/mol. The van der Waals surface area contributed by atoms with Crippen LogP contribution in [0.15, 0.2) is 24.3 Å². The van der Waals surface area contributed by atoms with E-state index in [-0.39, 0.29) is 11.7 Å². The van der Waals surface area contributed by atoms with Crippen molar-refractivity contribution in [2.24, 2.45) is 5.41 Å². The Balaban J connectivity index is 1.84. The van der Waals surface area contributed by atoms with Crippen molar-refractivity contribution in [2.45, 2.75) is 45.6 Å². The van der Waals surface area contributed by atoms with Gasteiger partial charge in [0, 0.05) is 6.04 Å². The molecule has 0 heterocycles. The quantitative estimate of drug-likeness (QED) is 0.876. The Labute approximate surface area is 108 Å². The van der Waals surface area contributed by atoms with Crippen LogP contribution < -0.4 is 5.32 Å². The van der Waals surface area contributed by atoms with Crippen LogP contribution in [0.3, 0.4) is 0 Å². The van der Waals surface area contributed by atoms with E-state index in [0.717, 1.165) is 24.8 Å². The van der Waals surface area contributed by atoms with E-state index >= 15 is 0 Å². The van der Waals surface area contributed by atoms with Gasteiger partial charge in [-0.1, -0.05) is 26.0 Å². The summed E-state index contributed by atoms with van der Waals surface area (Å²) in [5.74, 6) is -0.235. The number of hydrogen-bond donors (Lipinski definition) is 1. The van der Waals surface area contributed by atoms with Crippen molar-refractivity contribution in [1.29, 1.82) is 0 Å². The molecule has 1 atom stereocenters. The Morgan fingerprint density at radius 3 is 2.61 bits per heavy atom. The van der Waals surface area contributed by atoms with Crippen LogP contribution in [0.2, 0.25) is 0 Å². The first-order chi connectivity index (χ1) is 8.44. The predicted octanol–water partition coefficient (Wildman–Crippen LogP) is 3.06. The summed E-state index contributed by atoms with van der Waals surface area (Å²) in [6.45, 7) is 4.47. The van der Waals surface area contributed by atoms with Crippen LogP contribution in [-0.4, -0.2) is 11.9 Å². The molecular weight excluding hydrogens is 229 g/mol. The highest BCUT2D eigenvalue weighted by molar-refractivity contribution is 5.78. The number of hydrogen-bond acceptors (Lipinski definition) is 1. The van der Waals surface area contributed by atoms with E-state index in [0.29, 0.717) is 17.9 Å². The van der Waals surface area contributed by atoms with Crippen LogP contribution in [0.1, 0.15) is 38.7 Å². The number of benzene rings is 1. The van der Waals surface area contributed by atoms with Crippen LogP contribution in [0.5, 0.6) is 0 Å². The lowest BCUT2D eigenvalue weighted by atomic mass is 9.92. The van der Waals surface area contributed by atoms with E-state index in [2.05, 4.69) is 19.2 Å². The van der Waals surface area contributed by atoms with Gasteiger partial charge in [0.2, 0.25) is 5.91 Å². The minimum absolute atomic E-state index is 0.0318. The molecule has 1 aliphatic rings. The van der Waals surface area contributed by atoms with Gasteiger partial charge in [0.25, 0.3) is 0 Å². The van der Waals surface area contributed by atoms with Gasteiger partial charge in [0.15, 0.2) is 0 Å². The molecule has 0 aliphatic heterocycles. The average Bonchev–Trinajstić information content (AvgIpc) is 2.61. The number of nitrogens with one attached hydrogen (secondary N) is 1. The lowest BCUT2D eigenvalue weighted by Gasteiger charge is -2.17. The van der Waals surface area contributed by atoms with Crippen molar-refractivity contribution in [3.63, 3.8) is 0 Å². The second kappa shape index (κ2) is 5.09. The Morgan fingerprint density at radius 2 is 2.06 bits per heavy atom. The lowest BCUT2D eigenvalue weighted by Crippen LogP contribution is -2.34. The third-order valence-electron chi connectivity index (χ3n) is 3.61. The Hall–Kier alpha value is -1.38. The molecule has 1 fully saturated rings. The van der Waals surface area contributed by atoms with Crippen LogP contribution >= 0.6 is 0 Å². The molecule has 18 heavy (non-hydrogen) atoms. The van der Waals surface area contributed by atoms with Gasteiger partial charge in [0.1, 0.15) is 5.82 Å². The minimum atomic E-state index is -0.267. The maximum atomic E-state index is 12.7. The van der Waals surface area contributed by atoms with Crippen molar-refractivity contribution in [3.8, 4) is 0 Å². The molecule has 1 aromatic rings. The molecule has 0 saturated heterocycles. The number of amides is 1. The molecule has 1 aromatic carbocycles. The average molecular weight is 249 g/mol. The van der Waals surface area contributed by atoms with Crippen LogP contribution in [-0.2, 0) is 11.2 Å². The molecule has 0 aromatic heterocycles. The highest BCUT2D eigenvalue weighted by atomic mass is 19.1. The van der Waals surface area contributed by atoms with Gasteiger partial charge in [-0.2, -0.15) is 0 Å². The number of carbonyl (C=O) groups is 1. The second-order valence-corrected chi connectivity index (χ2v) is 5.97. The molecule has 0 radical (unpaired) electrons. The van der Waals surface area contributed by atoms with Crippen molar-refractivity contribution < 1.29 is 9.18 Å². The summed E-state index contributed by atoms with van der Waals surface area (Å²) in [4.78, 5) is 11.9. The first-order valence-corrected chi connectivity index (χ1v) is 6.48. The topological polar surface area (TPSA) is 29.1 Å². The molecule has 1 N–H and O–H groups in total. The minimum Gasteiger partial charge on any atom is -0.353 e. The molecule has 1 aliphatic carbocycles. The van der Waals surface area contributed by atoms with Crippen LogP contribution in [0.4, 0.5) is 4.39 Å². The van der Waals surface area contributed by atoms with Crippen molar-refractivity contribution in [1.82, 2.24) is 5.32 Å². The summed E-state index contributed by atoms with van der Waals surface area (Å²) in [7, 11) is 0. The summed E-state index contributed by atoms with van der Waals surface area (Å²) in [6, 6.07) is 6.40. The van der Waals surface area contributed by atoms with Gasteiger partial charge in [-0.15, -0.1) is 0 Å². The normalized spacial score (nSPS) is 21.8. The van der Waals surface area contributed by atoms with Gasteiger partial charge in [-0.25, -0.2) is 4.39 Å². The van der Waals surface area contributed by atoms with Crippen molar-refractivity contribution in [2.75, 3.05) is 0 Å². The molecule has 2 rings (SSSR count). The van der Waals surface area contributed by atoms with E-state index in [1.807, 2.05) is 0 Å². The summed E-state index contributed by atoms with van der Waals surface area (Å²) >= 11 is 0. The SMILES string of the molecule is CC1(C)CCC(NC(=O)Cc2ccc(F)cc2)C1. The summed E-state index contributed by atoms with van der Waals surface area (Å²) < 4.78 is 12.7. The van der Waals surface area contributed by atoms with Gasteiger partial charge < -0.3 is 5.32 Å². The fourth-order valence-corrected chi connectivity index (χ4v) is 2.63. The van der Waals surface area contributed by atoms with Crippen molar-refractivity contribution >= 4 is 5.91 Å². The van der Waals surface area contributed by atoms with Gasteiger partial charge in [0.05, 0.1) is 6.42 Å². The van der Waals surface area contributed by atoms with E-state index in [1.54, 1.807) is 12.1 Å². The zero-order chi connectivity index (χ0) is 13.2. The zero-order valence-electron chi connectivity index (χ0n) is 11.0. The number of halogens is 1.